The lowest BCUT2D eigenvalue weighted by atomic mass is 9.78. The smallest absolute Gasteiger partial charge is 0.228 e. The van der Waals surface area contributed by atoms with Crippen molar-refractivity contribution in [3.05, 3.63) is 42.5 Å². The molecule has 1 N–H and O–H groups in total. The first-order valence-corrected chi connectivity index (χ1v) is 10.1. The van der Waals surface area contributed by atoms with E-state index in [-0.39, 0.29) is 11.8 Å². The Bertz CT molecular complexity index is 1040. The number of nitrogens with zero attached hydrogens (tertiary/aromatic N) is 3. The first-order valence-electron chi connectivity index (χ1n) is 10.1. The van der Waals surface area contributed by atoms with Crippen molar-refractivity contribution < 1.29 is 13.9 Å². The number of hydrogen-bond acceptors (Lipinski definition) is 6. The average Bonchev–Trinajstić information content (AvgIpc) is 3.13. The summed E-state index contributed by atoms with van der Waals surface area (Å²) in [5.74, 6) is 2.07. The molecule has 7 heteroatoms. The molecule has 1 aromatic carbocycles. The van der Waals surface area contributed by atoms with Crippen LogP contribution in [-0.4, -0.2) is 53.1 Å². The number of carbonyl (C=O) groups is 1. The molecule has 0 radical (unpaired) electrons. The van der Waals surface area contributed by atoms with Crippen molar-refractivity contribution in [1.82, 2.24) is 14.9 Å². The van der Waals surface area contributed by atoms with Crippen LogP contribution in [0.3, 0.4) is 0 Å². The SMILES string of the molecule is Cc1ncc(-c2ccc3cnc(NC(=O)C4CC(N5CCOCC5)C4)cc3c2)o1. The number of rotatable bonds is 4. The Morgan fingerprint density at radius 2 is 1.93 bits per heavy atom. The molecule has 3 aromatic rings. The second-order valence-electron chi connectivity index (χ2n) is 7.83. The number of carbonyl (C=O) groups excluding carboxylic acids is 1. The van der Waals surface area contributed by atoms with Gasteiger partial charge in [-0.25, -0.2) is 9.97 Å². The second-order valence-corrected chi connectivity index (χ2v) is 7.83. The van der Waals surface area contributed by atoms with Crippen LogP contribution in [0.25, 0.3) is 22.1 Å². The van der Waals surface area contributed by atoms with Gasteiger partial charge in [0.1, 0.15) is 5.82 Å². The second kappa shape index (κ2) is 7.57. The maximum absolute atomic E-state index is 12.6. The third kappa shape index (κ3) is 3.75. The molecule has 1 amide bonds. The summed E-state index contributed by atoms with van der Waals surface area (Å²) in [7, 11) is 0. The van der Waals surface area contributed by atoms with Crippen LogP contribution in [0.2, 0.25) is 0 Å². The molecule has 1 saturated carbocycles. The normalized spacial score (nSPS) is 22.4. The van der Waals surface area contributed by atoms with E-state index in [9.17, 15) is 4.79 Å². The van der Waals surface area contributed by atoms with E-state index in [4.69, 9.17) is 9.15 Å². The third-order valence-electron chi connectivity index (χ3n) is 5.92. The molecule has 0 spiro atoms. The highest BCUT2D eigenvalue weighted by Crippen LogP contribution is 2.33. The lowest BCUT2D eigenvalue weighted by Gasteiger charge is -2.43. The van der Waals surface area contributed by atoms with Crippen LogP contribution in [-0.2, 0) is 9.53 Å². The predicted octanol–water partition coefficient (Wildman–Crippen LogP) is 3.25. The van der Waals surface area contributed by atoms with E-state index in [0.717, 1.165) is 61.2 Å². The molecule has 29 heavy (non-hydrogen) atoms. The van der Waals surface area contributed by atoms with Gasteiger partial charge in [-0.2, -0.15) is 0 Å². The predicted molar refractivity (Wildman–Crippen MR) is 110 cm³/mol. The Morgan fingerprint density at radius 1 is 1.10 bits per heavy atom. The summed E-state index contributed by atoms with van der Waals surface area (Å²) in [4.78, 5) is 23.6. The fourth-order valence-corrected chi connectivity index (χ4v) is 4.13. The minimum atomic E-state index is 0.0587. The van der Waals surface area contributed by atoms with Crippen molar-refractivity contribution in [1.29, 1.82) is 0 Å². The highest BCUT2D eigenvalue weighted by molar-refractivity contribution is 5.95. The number of fused-ring (bicyclic) bond motifs is 1. The lowest BCUT2D eigenvalue weighted by Crippen LogP contribution is -2.52. The number of benzene rings is 1. The summed E-state index contributed by atoms with van der Waals surface area (Å²) in [5.41, 5.74) is 0.953. The maximum Gasteiger partial charge on any atom is 0.228 e. The van der Waals surface area contributed by atoms with Crippen LogP contribution in [0.4, 0.5) is 5.82 Å². The summed E-state index contributed by atoms with van der Waals surface area (Å²) in [6.07, 6.45) is 5.34. The number of aryl methyl sites for hydroxylation is 1. The van der Waals surface area contributed by atoms with Gasteiger partial charge in [0.05, 0.1) is 19.4 Å². The van der Waals surface area contributed by atoms with E-state index < -0.39 is 0 Å². The van der Waals surface area contributed by atoms with E-state index in [1.54, 1.807) is 12.4 Å². The number of amides is 1. The minimum absolute atomic E-state index is 0.0587. The quantitative estimate of drug-likeness (QED) is 0.734. The highest BCUT2D eigenvalue weighted by atomic mass is 16.5. The number of nitrogens with one attached hydrogen (secondary N) is 1. The standard InChI is InChI=1S/C22H24N4O3/c1-14-23-13-20(29-14)15-2-3-16-12-24-21(11-17(16)8-15)25-22(27)18-9-19(10-18)26-4-6-28-7-5-26/h2-3,8,11-13,18-19H,4-7,9-10H2,1H3,(H,24,25,27). The number of aromatic nitrogens is 2. The Morgan fingerprint density at radius 3 is 2.69 bits per heavy atom. The van der Waals surface area contributed by atoms with Crippen molar-refractivity contribution in [2.24, 2.45) is 5.92 Å². The zero-order valence-corrected chi connectivity index (χ0v) is 16.4. The van der Waals surface area contributed by atoms with Crippen LogP contribution in [0.15, 0.2) is 41.1 Å². The van der Waals surface area contributed by atoms with Gasteiger partial charge in [0.2, 0.25) is 5.91 Å². The Kier molecular flexibility index (Phi) is 4.77. The van der Waals surface area contributed by atoms with Gasteiger partial charge >= 0.3 is 0 Å². The van der Waals surface area contributed by atoms with E-state index in [2.05, 4.69) is 20.2 Å². The Hall–Kier alpha value is -2.77. The van der Waals surface area contributed by atoms with Crippen molar-refractivity contribution in [3.63, 3.8) is 0 Å². The maximum atomic E-state index is 12.6. The van der Waals surface area contributed by atoms with Crippen LogP contribution >= 0.6 is 0 Å². The van der Waals surface area contributed by atoms with Crippen LogP contribution in [0.1, 0.15) is 18.7 Å². The highest BCUT2D eigenvalue weighted by Gasteiger charge is 2.38. The fraction of sp³-hybridized carbons (Fsp3) is 0.409. The van der Waals surface area contributed by atoms with Crippen molar-refractivity contribution >= 4 is 22.5 Å². The average molecular weight is 392 g/mol. The van der Waals surface area contributed by atoms with Gasteiger partial charge in [0.25, 0.3) is 0 Å². The minimum Gasteiger partial charge on any atom is -0.441 e. The van der Waals surface area contributed by atoms with E-state index in [1.807, 2.05) is 31.2 Å². The van der Waals surface area contributed by atoms with Gasteiger partial charge < -0.3 is 14.5 Å². The van der Waals surface area contributed by atoms with Crippen LogP contribution < -0.4 is 5.32 Å². The zero-order valence-electron chi connectivity index (χ0n) is 16.4. The molecule has 0 bridgehead atoms. The molecule has 3 heterocycles. The van der Waals surface area contributed by atoms with Crippen molar-refractivity contribution in [3.8, 4) is 11.3 Å². The number of ether oxygens (including phenoxy) is 1. The number of anilines is 1. The van der Waals surface area contributed by atoms with Gasteiger partial charge in [0.15, 0.2) is 11.7 Å². The molecule has 2 aliphatic rings. The Labute approximate surface area is 169 Å². The van der Waals surface area contributed by atoms with Gasteiger partial charge in [-0.15, -0.1) is 0 Å². The molecule has 5 rings (SSSR count). The molecule has 2 aromatic heterocycles. The lowest BCUT2D eigenvalue weighted by molar-refractivity contribution is -0.125. The summed E-state index contributed by atoms with van der Waals surface area (Å²) < 4.78 is 11.0. The van der Waals surface area contributed by atoms with Crippen molar-refractivity contribution in [2.45, 2.75) is 25.8 Å². The molecule has 0 atom stereocenters. The fourth-order valence-electron chi connectivity index (χ4n) is 4.13. The number of hydrogen-bond donors (Lipinski definition) is 1. The van der Waals surface area contributed by atoms with Gasteiger partial charge in [-0.05, 0) is 30.4 Å². The van der Waals surface area contributed by atoms with E-state index in [1.165, 1.54) is 0 Å². The molecular weight excluding hydrogens is 368 g/mol. The molecule has 1 aliphatic carbocycles. The van der Waals surface area contributed by atoms with E-state index in [0.29, 0.717) is 17.8 Å². The molecule has 0 unspecified atom stereocenters. The number of pyridine rings is 1. The Balaban J connectivity index is 1.26. The third-order valence-corrected chi connectivity index (χ3v) is 5.92. The first kappa shape index (κ1) is 18.3. The van der Waals surface area contributed by atoms with Crippen LogP contribution in [0.5, 0.6) is 0 Å². The molecule has 1 aliphatic heterocycles. The van der Waals surface area contributed by atoms with Crippen molar-refractivity contribution in [2.75, 3.05) is 31.6 Å². The molecule has 7 nitrogen and oxygen atoms in total. The van der Waals surface area contributed by atoms with Crippen LogP contribution in [0, 0.1) is 12.8 Å². The topological polar surface area (TPSA) is 80.5 Å². The summed E-state index contributed by atoms with van der Waals surface area (Å²) in [5, 5.41) is 5.01. The van der Waals surface area contributed by atoms with Gasteiger partial charge in [-0.3, -0.25) is 9.69 Å². The molecule has 2 fully saturated rings. The summed E-state index contributed by atoms with van der Waals surface area (Å²) in [6, 6.07) is 8.44. The zero-order chi connectivity index (χ0) is 19.8. The summed E-state index contributed by atoms with van der Waals surface area (Å²) in [6.45, 7) is 5.36. The molecule has 150 valence electrons. The van der Waals surface area contributed by atoms with E-state index >= 15 is 0 Å². The number of oxazole rings is 1. The molecule has 1 saturated heterocycles. The monoisotopic (exact) mass is 392 g/mol. The summed E-state index contributed by atoms with van der Waals surface area (Å²) >= 11 is 0. The first-order chi connectivity index (χ1) is 14.2. The largest absolute Gasteiger partial charge is 0.441 e. The van der Waals surface area contributed by atoms with Gasteiger partial charge in [-0.1, -0.05) is 12.1 Å². The molecular formula is C22H24N4O3. The number of morpholine rings is 1. The van der Waals surface area contributed by atoms with Gasteiger partial charge in [0, 0.05) is 49.1 Å².